The average molecular weight is 293 g/mol. The smallest absolute Gasteiger partial charge is 0.303 e. The Morgan fingerprint density at radius 3 is 1.90 bits per heavy atom. The summed E-state index contributed by atoms with van der Waals surface area (Å²) >= 11 is 0. The highest BCUT2D eigenvalue weighted by molar-refractivity contribution is 5.66. The minimum Gasteiger partial charge on any atom is -0.457 e. The van der Waals surface area contributed by atoms with Gasteiger partial charge in [0.05, 0.1) is 0 Å². The normalized spacial score (nSPS) is 13.4. The zero-order chi connectivity index (χ0) is 16.4. The number of rotatable bonds is 5. The van der Waals surface area contributed by atoms with Crippen LogP contribution >= 0.6 is 0 Å². The van der Waals surface area contributed by atoms with Crippen molar-refractivity contribution >= 4 is 5.97 Å². The van der Waals surface area contributed by atoms with Crippen molar-refractivity contribution in [2.24, 2.45) is 17.8 Å². The first-order valence-corrected chi connectivity index (χ1v) is 7.86. The zero-order valence-corrected chi connectivity index (χ0v) is 14.6. The van der Waals surface area contributed by atoms with Crippen LogP contribution < -0.4 is 0 Å². The molecule has 2 unspecified atom stereocenters. The summed E-state index contributed by atoms with van der Waals surface area (Å²) in [4.78, 5) is 14.8. The zero-order valence-electron chi connectivity index (χ0n) is 14.6. The van der Waals surface area contributed by atoms with E-state index in [1.165, 1.54) is 13.3 Å². The molecule has 0 saturated carbocycles. The van der Waals surface area contributed by atoms with Gasteiger partial charge in [-0.2, -0.15) is 0 Å². The fourth-order valence-electron chi connectivity index (χ4n) is 1.79. The van der Waals surface area contributed by atoms with Gasteiger partial charge in [-0.15, -0.1) is 0 Å². The number of esters is 1. The van der Waals surface area contributed by atoms with E-state index in [4.69, 9.17) is 4.74 Å². The summed E-state index contributed by atoms with van der Waals surface area (Å²) in [7, 11) is 0. The average Bonchev–Trinajstić information content (AvgIpc) is 2.44. The lowest BCUT2D eigenvalue weighted by molar-refractivity contribution is -0.149. The molecule has 0 aliphatic carbocycles. The molecule has 0 aliphatic rings. The Bertz CT molecular complexity index is 387. The number of hydrogen-bond donors (Lipinski definition) is 0. The monoisotopic (exact) mass is 293 g/mol. The van der Waals surface area contributed by atoms with Gasteiger partial charge in [-0.3, -0.25) is 9.78 Å². The molecule has 3 heteroatoms. The summed E-state index contributed by atoms with van der Waals surface area (Å²) in [6.07, 6.45) is 4.55. The van der Waals surface area contributed by atoms with Gasteiger partial charge in [-0.05, 0) is 35.4 Å². The van der Waals surface area contributed by atoms with E-state index in [-0.39, 0.29) is 18.0 Å². The van der Waals surface area contributed by atoms with E-state index in [2.05, 4.69) is 32.7 Å². The van der Waals surface area contributed by atoms with Crippen LogP contribution in [0.2, 0.25) is 0 Å². The van der Waals surface area contributed by atoms with Gasteiger partial charge in [0.1, 0.15) is 6.10 Å². The van der Waals surface area contributed by atoms with E-state index in [1.807, 2.05) is 26.0 Å². The van der Waals surface area contributed by atoms with Crippen LogP contribution in [-0.2, 0) is 9.53 Å². The molecule has 0 radical (unpaired) electrons. The topological polar surface area (TPSA) is 39.2 Å². The van der Waals surface area contributed by atoms with Gasteiger partial charge in [0.2, 0.25) is 0 Å². The third kappa shape index (κ3) is 8.49. The molecule has 0 amide bonds. The molecule has 21 heavy (non-hydrogen) atoms. The van der Waals surface area contributed by atoms with Crippen molar-refractivity contribution in [1.29, 1.82) is 0 Å². The molecule has 0 N–H and O–H groups in total. The van der Waals surface area contributed by atoms with Gasteiger partial charge in [-0.25, -0.2) is 0 Å². The summed E-state index contributed by atoms with van der Waals surface area (Å²) in [6.45, 7) is 14.6. The molecule has 1 aromatic rings. The number of aromatic nitrogens is 1. The Morgan fingerprint density at radius 1 is 1.10 bits per heavy atom. The molecule has 0 spiro atoms. The number of ether oxygens (including phenoxy) is 1. The lowest BCUT2D eigenvalue weighted by Crippen LogP contribution is -2.14. The number of carbonyl (C=O) groups is 1. The second kappa shape index (κ2) is 10.4. The third-order valence-electron chi connectivity index (χ3n) is 3.72. The van der Waals surface area contributed by atoms with E-state index >= 15 is 0 Å². The van der Waals surface area contributed by atoms with Gasteiger partial charge in [0.15, 0.2) is 0 Å². The molecule has 0 saturated heterocycles. The first kappa shape index (κ1) is 19.6. The second-order valence-electron chi connectivity index (χ2n) is 6.18. The molecule has 2 atom stereocenters. The maximum Gasteiger partial charge on any atom is 0.303 e. The highest BCUT2D eigenvalue weighted by Crippen LogP contribution is 2.25. The molecule has 0 bridgehead atoms. The van der Waals surface area contributed by atoms with E-state index in [9.17, 15) is 4.79 Å². The maximum atomic E-state index is 10.9. The molecule has 1 heterocycles. The van der Waals surface area contributed by atoms with E-state index in [0.717, 1.165) is 17.4 Å². The van der Waals surface area contributed by atoms with E-state index in [1.54, 1.807) is 12.4 Å². The summed E-state index contributed by atoms with van der Waals surface area (Å²) < 4.78 is 5.23. The fraction of sp³-hybridized carbons (Fsp3) is 0.667. The van der Waals surface area contributed by atoms with Crippen LogP contribution in [0.5, 0.6) is 0 Å². The molecule has 3 nitrogen and oxygen atoms in total. The SMILES string of the molecule is CC(=O)OC(c1ccncc1)C(C)C.CCC(C)C(C)C. The van der Waals surface area contributed by atoms with Crippen LogP contribution in [0.15, 0.2) is 24.5 Å². The predicted molar refractivity (Wildman–Crippen MR) is 87.9 cm³/mol. The highest BCUT2D eigenvalue weighted by atomic mass is 16.5. The number of pyridine rings is 1. The molecule has 0 aliphatic heterocycles. The molecule has 0 aromatic carbocycles. The minimum absolute atomic E-state index is 0.171. The molecular formula is C18H31NO2. The quantitative estimate of drug-likeness (QED) is 0.715. The predicted octanol–water partition coefficient (Wildman–Crippen LogP) is 5.03. The van der Waals surface area contributed by atoms with E-state index < -0.39 is 0 Å². The largest absolute Gasteiger partial charge is 0.457 e. The lowest BCUT2D eigenvalue weighted by atomic mass is 9.96. The Labute approximate surface area is 130 Å². The molecule has 120 valence electrons. The molecule has 0 fully saturated rings. The summed E-state index contributed by atoms with van der Waals surface area (Å²) in [5.74, 6) is 1.78. The highest BCUT2D eigenvalue weighted by Gasteiger charge is 2.18. The van der Waals surface area contributed by atoms with Crippen molar-refractivity contribution in [2.75, 3.05) is 0 Å². The number of carbonyl (C=O) groups excluding carboxylic acids is 1. The van der Waals surface area contributed by atoms with Crippen molar-refractivity contribution < 1.29 is 9.53 Å². The maximum absolute atomic E-state index is 10.9. The van der Waals surface area contributed by atoms with Gasteiger partial charge < -0.3 is 4.74 Å². The lowest BCUT2D eigenvalue weighted by Gasteiger charge is -2.20. The summed E-state index contributed by atoms with van der Waals surface area (Å²) in [5.41, 5.74) is 0.991. The van der Waals surface area contributed by atoms with Crippen LogP contribution in [0.4, 0.5) is 0 Å². The summed E-state index contributed by atoms with van der Waals surface area (Å²) in [5, 5.41) is 0. The van der Waals surface area contributed by atoms with Gasteiger partial charge >= 0.3 is 5.97 Å². The van der Waals surface area contributed by atoms with Crippen molar-refractivity contribution in [3.63, 3.8) is 0 Å². The standard InChI is InChI=1S/C11H15NO2.C7H16/c1-8(2)11(14-9(3)13)10-4-6-12-7-5-10;1-5-7(4)6(2)3/h4-8,11H,1-3H3;6-7H,5H2,1-4H3. The number of nitrogens with zero attached hydrogens (tertiary/aromatic N) is 1. The van der Waals surface area contributed by atoms with E-state index in [0.29, 0.717) is 0 Å². The van der Waals surface area contributed by atoms with Crippen molar-refractivity contribution in [2.45, 2.75) is 61.0 Å². The Hall–Kier alpha value is -1.38. The van der Waals surface area contributed by atoms with Gasteiger partial charge in [0.25, 0.3) is 0 Å². The van der Waals surface area contributed by atoms with Crippen LogP contribution in [0.25, 0.3) is 0 Å². The Kier molecular flexibility index (Phi) is 9.68. The first-order chi connectivity index (χ1) is 9.79. The van der Waals surface area contributed by atoms with Gasteiger partial charge in [-0.1, -0.05) is 48.0 Å². The van der Waals surface area contributed by atoms with Crippen LogP contribution in [0.3, 0.4) is 0 Å². The molecule has 1 aromatic heterocycles. The van der Waals surface area contributed by atoms with Crippen molar-refractivity contribution in [3.05, 3.63) is 30.1 Å². The van der Waals surface area contributed by atoms with Gasteiger partial charge in [0, 0.05) is 19.3 Å². The third-order valence-corrected chi connectivity index (χ3v) is 3.72. The minimum atomic E-state index is -0.250. The molecule has 1 rings (SSSR count). The van der Waals surface area contributed by atoms with Crippen molar-refractivity contribution in [1.82, 2.24) is 4.98 Å². The molecular weight excluding hydrogens is 262 g/mol. The second-order valence-corrected chi connectivity index (χ2v) is 6.18. The summed E-state index contributed by atoms with van der Waals surface area (Å²) in [6, 6.07) is 3.74. The first-order valence-electron chi connectivity index (χ1n) is 7.86. The number of hydrogen-bond acceptors (Lipinski definition) is 3. The fourth-order valence-corrected chi connectivity index (χ4v) is 1.79. The van der Waals surface area contributed by atoms with Crippen LogP contribution in [0.1, 0.15) is 66.6 Å². The Morgan fingerprint density at radius 2 is 1.62 bits per heavy atom. The Balaban J connectivity index is 0.000000486. The van der Waals surface area contributed by atoms with Crippen LogP contribution in [0, 0.1) is 17.8 Å². The van der Waals surface area contributed by atoms with Crippen molar-refractivity contribution in [3.8, 4) is 0 Å². The van der Waals surface area contributed by atoms with Crippen LogP contribution in [-0.4, -0.2) is 11.0 Å².